The van der Waals surface area contributed by atoms with Crippen molar-refractivity contribution in [3.63, 3.8) is 0 Å². The van der Waals surface area contributed by atoms with Crippen molar-refractivity contribution in [1.82, 2.24) is 0 Å². The summed E-state index contributed by atoms with van der Waals surface area (Å²) in [6, 6.07) is 0. The first-order chi connectivity index (χ1) is 9.59. The van der Waals surface area contributed by atoms with E-state index in [0.29, 0.717) is 41.7 Å². The van der Waals surface area contributed by atoms with E-state index in [4.69, 9.17) is 0 Å². The first-order valence-electron chi connectivity index (χ1n) is 8.05. The summed E-state index contributed by atoms with van der Waals surface area (Å²) in [6.07, 6.45) is 12.3. The van der Waals surface area contributed by atoms with Gasteiger partial charge in [0, 0.05) is 18.3 Å². The lowest BCUT2D eigenvalue weighted by atomic mass is 9.55. The molecule has 20 heavy (non-hydrogen) atoms. The first kappa shape index (κ1) is 12.6. The highest BCUT2D eigenvalue weighted by atomic mass is 16.1. The number of ketones is 2. The summed E-state index contributed by atoms with van der Waals surface area (Å²) in [7, 11) is 0. The molecule has 4 rings (SSSR count). The Labute approximate surface area is 120 Å². The van der Waals surface area contributed by atoms with Gasteiger partial charge >= 0.3 is 0 Å². The Morgan fingerprint density at radius 2 is 1.95 bits per heavy atom. The van der Waals surface area contributed by atoms with Crippen molar-refractivity contribution in [1.29, 1.82) is 0 Å². The van der Waals surface area contributed by atoms with Gasteiger partial charge in [-0.2, -0.15) is 0 Å². The normalized spacial score (nSPS) is 46.5. The fourth-order valence-corrected chi connectivity index (χ4v) is 5.39. The highest BCUT2D eigenvalue weighted by molar-refractivity contribution is 5.91. The maximum absolute atomic E-state index is 12.2. The van der Waals surface area contributed by atoms with Crippen LogP contribution in [0.25, 0.3) is 0 Å². The van der Waals surface area contributed by atoms with Crippen LogP contribution in [-0.4, -0.2) is 11.6 Å². The number of hydrogen-bond donors (Lipinski definition) is 0. The minimum absolute atomic E-state index is 0.188. The van der Waals surface area contributed by atoms with Crippen LogP contribution >= 0.6 is 0 Å². The maximum Gasteiger partial charge on any atom is 0.155 e. The monoisotopic (exact) mass is 270 g/mol. The van der Waals surface area contributed by atoms with Gasteiger partial charge in [-0.25, -0.2) is 0 Å². The van der Waals surface area contributed by atoms with Crippen molar-refractivity contribution >= 4 is 11.6 Å². The van der Waals surface area contributed by atoms with Gasteiger partial charge in [0.15, 0.2) is 5.78 Å². The smallest absolute Gasteiger partial charge is 0.155 e. The van der Waals surface area contributed by atoms with Crippen LogP contribution in [0, 0.1) is 29.1 Å². The lowest BCUT2D eigenvalue weighted by Crippen LogP contribution is -2.43. The standard InChI is InChI=1S/C18H22O2/c1-18-9-8-14-13-5-3-12(19)10-11(13)2-4-15(14)16(18)6-7-17(18)20/h8-10,13-16H,2-7H2,1H3/t13-,14+,15+,16-,18-/m0/s1. The van der Waals surface area contributed by atoms with E-state index >= 15 is 0 Å². The quantitative estimate of drug-likeness (QED) is 0.632. The molecule has 0 radical (unpaired) electrons. The molecule has 0 aromatic heterocycles. The summed E-state index contributed by atoms with van der Waals surface area (Å²) >= 11 is 0. The van der Waals surface area contributed by atoms with E-state index in [9.17, 15) is 9.59 Å². The topological polar surface area (TPSA) is 34.1 Å². The highest BCUT2D eigenvalue weighted by Gasteiger charge is 2.53. The number of rotatable bonds is 0. The molecule has 106 valence electrons. The maximum atomic E-state index is 12.2. The molecule has 4 aliphatic rings. The highest BCUT2D eigenvalue weighted by Crippen LogP contribution is 2.57. The molecular weight excluding hydrogens is 248 g/mol. The predicted molar refractivity (Wildman–Crippen MR) is 77.0 cm³/mol. The van der Waals surface area contributed by atoms with Gasteiger partial charge in [-0.3, -0.25) is 9.59 Å². The molecule has 4 aliphatic carbocycles. The summed E-state index contributed by atoms with van der Waals surface area (Å²) in [4.78, 5) is 23.8. The number of carbonyl (C=O) groups excluding carboxylic acids is 2. The van der Waals surface area contributed by atoms with Gasteiger partial charge in [0.1, 0.15) is 5.78 Å². The van der Waals surface area contributed by atoms with E-state index in [-0.39, 0.29) is 5.41 Å². The molecule has 0 spiro atoms. The first-order valence-corrected chi connectivity index (χ1v) is 8.05. The Kier molecular flexibility index (Phi) is 2.61. The Hall–Kier alpha value is -1.18. The van der Waals surface area contributed by atoms with Crippen LogP contribution in [0.4, 0.5) is 0 Å². The van der Waals surface area contributed by atoms with Crippen LogP contribution in [0.3, 0.4) is 0 Å². The fourth-order valence-electron chi connectivity index (χ4n) is 5.39. The van der Waals surface area contributed by atoms with Crippen molar-refractivity contribution in [2.45, 2.75) is 45.4 Å². The Bertz CT molecular complexity index is 542. The second kappa shape index (κ2) is 4.16. The van der Waals surface area contributed by atoms with Crippen LogP contribution < -0.4 is 0 Å². The number of carbonyl (C=O) groups is 2. The van der Waals surface area contributed by atoms with Crippen molar-refractivity contribution in [2.75, 3.05) is 0 Å². The van der Waals surface area contributed by atoms with Gasteiger partial charge in [-0.1, -0.05) is 17.7 Å². The molecule has 0 saturated heterocycles. The molecule has 0 aliphatic heterocycles. The Morgan fingerprint density at radius 3 is 2.80 bits per heavy atom. The zero-order chi connectivity index (χ0) is 13.9. The van der Waals surface area contributed by atoms with Crippen LogP contribution in [0.1, 0.15) is 45.4 Å². The Balaban J connectivity index is 1.71. The average Bonchev–Trinajstić information content (AvgIpc) is 2.74. The largest absolute Gasteiger partial charge is 0.299 e. The van der Waals surface area contributed by atoms with Gasteiger partial charge in [0.25, 0.3) is 0 Å². The molecule has 0 bridgehead atoms. The number of allylic oxidation sites excluding steroid dienone is 4. The number of fused-ring (bicyclic) bond motifs is 5. The van der Waals surface area contributed by atoms with Crippen LogP contribution in [-0.2, 0) is 9.59 Å². The second-order valence-electron chi connectivity index (χ2n) is 7.32. The summed E-state index contributed by atoms with van der Waals surface area (Å²) in [5, 5.41) is 0. The predicted octanol–water partition coefficient (Wildman–Crippen LogP) is 3.47. The molecule has 0 unspecified atom stereocenters. The molecule has 0 aromatic carbocycles. The zero-order valence-corrected chi connectivity index (χ0v) is 12.1. The summed E-state index contributed by atoms with van der Waals surface area (Å²) in [6.45, 7) is 2.15. The molecule has 0 amide bonds. The minimum atomic E-state index is -0.188. The van der Waals surface area contributed by atoms with Crippen molar-refractivity contribution in [2.24, 2.45) is 29.1 Å². The molecule has 0 N–H and O–H groups in total. The van der Waals surface area contributed by atoms with Crippen molar-refractivity contribution in [3.8, 4) is 0 Å². The van der Waals surface area contributed by atoms with Gasteiger partial charge in [-0.05, 0) is 62.4 Å². The summed E-state index contributed by atoms with van der Waals surface area (Å²) < 4.78 is 0. The van der Waals surface area contributed by atoms with Gasteiger partial charge < -0.3 is 0 Å². The van der Waals surface area contributed by atoms with Crippen molar-refractivity contribution < 1.29 is 9.59 Å². The van der Waals surface area contributed by atoms with E-state index in [1.54, 1.807) is 0 Å². The molecule has 2 saturated carbocycles. The molecule has 2 heteroatoms. The SMILES string of the molecule is C[C@]12C=C[C@H]3[C@@H](CCC4=CC(=O)CC[C@@H]43)[C@@H]1CCC2=O. The molecule has 0 heterocycles. The van der Waals surface area contributed by atoms with E-state index < -0.39 is 0 Å². The van der Waals surface area contributed by atoms with Crippen LogP contribution in [0.15, 0.2) is 23.8 Å². The van der Waals surface area contributed by atoms with Gasteiger partial charge in [-0.15, -0.1) is 0 Å². The number of Topliss-reactive ketones (excluding diaryl/α,β-unsaturated/α-hetero) is 1. The Morgan fingerprint density at radius 1 is 1.10 bits per heavy atom. The van der Waals surface area contributed by atoms with Crippen LogP contribution in [0.5, 0.6) is 0 Å². The number of hydrogen-bond acceptors (Lipinski definition) is 2. The lowest BCUT2D eigenvalue weighted by Gasteiger charge is -2.48. The zero-order valence-electron chi connectivity index (χ0n) is 12.1. The fraction of sp³-hybridized carbons (Fsp3) is 0.667. The van der Waals surface area contributed by atoms with Crippen molar-refractivity contribution in [3.05, 3.63) is 23.8 Å². The lowest BCUT2D eigenvalue weighted by molar-refractivity contribution is -0.125. The van der Waals surface area contributed by atoms with Gasteiger partial charge in [0.05, 0.1) is 0 Å². The van der Waals surface area contributed by atoms with E-state index in [1.807, 2.05) is 6.08 Å². The minimum Gasteiger partial charge on any atom is -0.299 e. The molecular formula is C18H22O2. The van der Waals surface area contributed by atoms with E-state index in [2.05, 4.69) is 19.1 Å². The summed E-state index contributed by atoms with van der Waals surface area (Å²) in [5.41, 5.74) is 1.20. The van der Waals surface area contributed by atoms with E-state index in [0.717, 1.165) is 32.1 Å². The molecule has 2 nitrogen and oxygen atoms in total. The van der Waals surface area contributed by atoms with E-state index in [1.165, 1.54) is 5.57 Å². The third-order valence-corrected chi connectivity index (χ3v) is 6.48. The second-order valence-corrected chi connectivity index (χ2v) is 7.32. The molecule has 5 atom stereocenters. The van der Waals surface area contributed by atoms with Crippen LogP contribution in [0.2, 0.25) is 0 Å². The molecule has 2 fully saturated rings. The van der Waals surface area contributed by atoms with Gasteiger partial charge in [0.2, 0.25) is 0 Å². The molecule has 0 aromatic rings. The third kappa shape index (κ3) is 1.57. The average molecular weight is 270 g/mol. The summed E-state index contributed by atoms with van der Waals surface area (Å²) in [5.74, 6) is 3.11. The third-order valence-electron chi connectivity index (χ3n) is 6.48.